The lowest BCUT2D eigenvalue weighted by molar-refractivity contribution is -0.143. The molecule has 1 aliphatic carbocycles. The number of ether oxygens (including phenoxy) is 2. The second-order valence-electron chi connectivity index (χ2n) is 9.87. The normalized spacial score (nSPS) is 17.7. The van der Waals surface area contributed by atoms with Gasteiger partial charge in [0, 0.05) is 25.6 Å². The van der Waals surface area contributed by atoms with Gasteiger partial charge < -0.3 is 14.8 Å². The molecule has 2 fully saturated rings. The fourth-order valence-corrected chi connectivity index (χ4v) is 4.49. The molecule has 3 rings (SSSR count). The zero-order valence-corrected chi connectivity index (χ0v) is 20.0. The van der Waals surface area contributed by atoms with Crippen LogP contribution in [0.4, 0.5) is 9.59 Å². The van der Waals surface area contributed by atoms with E-state index in [1.165, 1.54) is 10.0 Å². The van der Waals surface area contributed by atoms with Gasteiger partial charge in [-0.3, -0.25) is 4.79 Å². The van der Waals surface area contributed by atoms with E-state index in [2.05, 4.69) is 5.32 Å². The Balaban J connectivity index is 1.53. The Labute approximate surface area is 196 Å². The monoisotopic (exact) mass is 459 g/mol. The number of hydrogen-bond donors (Lipinski definition) is 1. The summed E-state index contributed by atoms with van der Waals surface area (Å²) in [5.74, 6) is 0.212. The average Bonchev–Trinajstić information content (AvgIpc) is 3.47. The molecule has 1 unspecified atom stereocenters. The summed E-state index contributed by atoms with van der Waals surface area (Å²) in [5.41, 5.74) is 0.308. The first-order valence-electron chi connectivity index (χ1n) is 12.0. The highest BCUT2D eigenvalue weighted by molar-refractivity contribution is 5.80. The molecule has 0 radical (unpaired) electrons. The third kappa shape index (κ3) is 7.65. The lowest BCUT2D eigenvalue weighted by Crippen LogP contribution is -2.47. The van der Waals surface area contributed by atoms with E-state index in [1.54, 1.807) is 0 Å². The van der Waals surface area contributed by atoms with Gasteiger partial charge in [-0.1, -0.05) is 43.2 Å². The number of benzene rings is 1. The Morgan fingerprint density at radius 3 is 2.36 bits per heavy atom. The van der Waals surface area contributed by atoms with Crippen LogP contribution in [0, 0.1) is 5.92 Å². The van der Waals surface area contributed by atoms with Crippen LogP contribution in [0.25, 0.3) is 0 Å². The molecule has 1 atom stereocenters. The minimum absolute atomic E-state index is 0.124. The highest BCUT2D eigenvalue weighted by atomic mass is 16.6. The van der Waals surface area contributed by atoms with Gasteiger partial charge in [-0.05, 0) is 57.9 Å². The molecule has 8 heteroatoms. The Morgan fingerprint density at radius 1 is 1.03 bits per heavy atom. The Hall–Kier alpha value is -2.77. The highest BCUT2D eigenvalue weighted by Crippen LogP contribution is 2.30. The van der Waals surface area contributed by atoms with E-state index in [4.69, 9.17) is 9.47 Å². The van der Waals surface area contributed by atoms with Crippen LogP contribution < -0.4 is 5.32 Å². The van der Waals surface area contributed by atoms with Gasteiger partial charge in [0.1, 0.15) is 12.2 Å². The molecule has 1 aromatic carbocycles. The number of nitrogens with one attached hydrogen (secondary N) is 1. The van der Waals surface area contributed by atoms with Gasteiger partial charge in [0.2, 0.25) is 5.91 Å². The molecule has 1 N–H and O–H groups in total. The van der Waals surface area contributed by atoms with Gasteiger partial charge in [-0.25, -0.2) is 19.6 Å². The molecule has 8 nitrogen and oxygen atoms in total. The van der Waals surface area contributed by atoms with Crippen molar-refractivity contribution in [2.45, 2.75) is 84.0 Å². The molecule has 33 heavy (non-hydrogen) atoms. The van der Waals surface area contributed by atoms with Crippen molar-refractivity contribution in [3.8, 4) is 0 Å². The first-order valence-corrected chi connectivity index (χ1v) is 12.0. The zero-order chi connectivity index (χ0) is 23.8. The molecule has 1 saturated carbocycles. The number of nitrogens with zero attached hydrogens (tertiary/aromatic N) is 2. The van der Waals surface area contributed by atoms with Crippen LogP contribution in [-0.2, 0) is 20.9 Å². The largest absolute Gasteiger partial charge is 0.445 e. The Kier molecular flexibility index (Phi) is 8.58. The molecule has 1 heterocycles. The summed E-state index contributed by atoms with van der Waals surface area (Å²) in [6.07, 6.45) is 4.87. The van der Waals surface area contributed by atoms with Crippen molar-refractivity contribution in [3.63, 3.8) is 0 Å². The van der Waals surface area contributed by atoms with Gasteiger partial charge in [0.05, 0.1) is 0 Å². The fraction of sp³-hybridized carbons (Fsp3) is 0.640. The van der Waals surface area contributed by atoms with Crippen LogP contribution in [0.5, 0.6) is 0 Å². The maximum atomic E-state index is 13.0. The molecule has 0 bridgehead atoms. The molecule has 0 spiro atoms. The van der Waals surface area contributed by atoms with E-state index < -0.39 is 17.8 Å². The van der Waals surface area contributed by atoms with Crippen LogP contribution in [-0.4, -0.2) is 52.8 Å². The molecular weight excluding hydrogens is 422 g/mol. The summed E-state index contributed by atoms with van der Waals surface area (Å²) in [5, 5.41) is 5.90. The van der Waals surface area contributed by atoms with Crippen LogP contribution in [0.3, 0.4) is 0 Å². The maximum Gasteiger partial charge on any atom is 0.429 e. The maximum absolute atomic E-state index is 13.0. The van der Waals surface area contributed by atoms with Gasteiger partial charge >= 0.3 is 12.2 Å². The SMILES string of the molecule is CC(C)(C)OC(=O)N1CCCN1C(=O)CCC(NC(=O)OCc1ccccc1)C1CCCC1. The van der Waals surface area contributed by atoms with Crippen LogP contribution in [0.2, 0.25) is 0 Å². The van der Waals surface area contributed by atoms with E-state index >= 15 is 0 Å². The Bertz CT molecular complexity index is 802. The summed E-state index contributed by atoms with van der Waals surface area (Å²) in [7, 11) is 0. The minimum atomic E-state index is -0.619. The smallest absolute Gasteiger partial charge is 0.429 e. The second kappa shape index (κ2) is 11.4. The third-order valence-corrected chi connectivity index (χ3v) is 6.08. The summed E-state index contributed by atoms with van der Waals surface area (Å²) in [6, 6.07) is 9.42. The van der Waals surface area contributed by atoms with Crippen molar-refractivity contribution in [2.24, 2.45) is 5.92 Å². The van der Waals surface area contributed by atoms with Gasteiger partial charge in [-0.2, -0.15) is 0 Å². The van der Waals surface area contributed by atoms with Gasteiger partial charge in [0.15, 0.2) is 0 Å². The molecule has 2 aliphatic rings. The van der Waals surface area contributed by atoms with Gasteiger partial charge in [-0.15, -0.1) is 0 Å². The quantitative estimate of drug-likeness (QED) is 0.642. The number of carbonyl (C=O) groups is 3. The van der Waals surface area contributed by atoms with Crippen LogP contribution in [0.1, 0.15) is 71.3 Å². The van der Waals surface area contributed by atoms with Crippen LogP contribution in [0.15, 0.2) is 30.3 Å². The van der Waals surface area contributed by atoms with Crippen molar-refractivity contribution in [1.29, 1.82) is 0 Å². The molecule has 0 aromatic heterocycles. The molecule has 1 aliphatic heterocycles. The number of amides is 3. The summed E-state index contributed by atoms with van der Waals surface area (Å²) < 4.78 is 10.8. The Morgan fingerprint density at radius 2 is 1.70 bits per heavy atom. The number of hydrazine groups is 1. The molecular formula is C25H37N3O5. The van der Waals surface area contributed by atoms with Crippen molar-refractivity contribution in [1.82, 2.24) is 15.3 Å². The first kappa shape index (κ1) is 24.9. The summed E-state index contributed by atoms with van der Waals surface area (Å²) >= 11 is 0. The molecule has 1 aromatic rings. The molecule has 3 amide bonds. The van der Waals surface area contributed by atoms with Crippen molar-refractivity contribution < 1.29 is 23.9 Å². The number of alkyl carbamates (subject to hydrolysis) is 1. The topological polar surface area (TPSA) is 88.2 Å². The van der Waals surface area contributed by atoms with E-state index in [0.29, 0.717) is 25.4 Å². The van der Waals surface area contributed by atoms with Crippen molar-refractivity contribution in [3.05, 3.63) is 35.9 Å². The summed E-state index contributed by atoms with van der Waals surface area (Å²) in [6.45, 7) is 6.60. The molecule has 1 saturated heterocycles. The lowest BCUT2D eigenvalue weighted by atomic mass is 9.94. The second-order valence-corrected chi connectivity index (χ2v) is 9.87. The minimum Gasteiger partial charge on any atom is -0.445 e. The van der Waals surface area contributed by atoms with Gasteiger partial charge in [0.25, 0.3) is 0 Å². The number of carbonyl (C=O) groups excluding carboxylic acids is 3. The summed E-state index contributed by atoms with van der Waals surface area (Å²) in [4.78, 5) is 37.9. The van der Waals surface area contributed by atoms with E-state index in [9.17, 15) is 14.4 Å². The van der Waals surface area contributed by atoms with Crippen molar-refractivity contribution in [2.75, 3.05) is 13.1 Å². The standard InChI is InChI=1S/C25H37N3O5/c1-25(2,3)33-24(31)28-17-9-16-27(28)22(29)15-14-21(20-12-7-8-13-20)26-23(30)32-18-19-10-5-4-6-11-19/h4-6,10-11,20-21H,7-9,12-18H2,1-3H3,(H,26,30). The predicted octanol–water partition coefficient (Wildman–Crippen LogP) is 4.64. The van der Waals surface area contributed by atoms with E-state index in [-0.39, 0.29) is 25.0 Å². The zero-order valence-electron chi connectivity index (χ0n) is 20.0. The van der Waals surface area contributed by atoms with E-state index in [0.717, 1.165) is 37.7 Å². The predicted molar refractivity (Wildman–Crippen MR) is 124 cm³/mol. The fourth-order valence-electron chi connectivity index (χ4n) is 4.49. The first-order chi connectivity index (χ1) is 15.7. The van der Waals surface area contributed by atoms with Crippen molar-refractivity contribution >= 4 is 18.1 Å². The lowest BCUT2D eigenvalue weighted by Gasteiger charge is -2.31. The third-order valence-electron chi connectivity index (χ3n) is 6.08. The molecule has 182 valence electrons. The average molecular weight is 460 g/mol. The highest BCUT2D eigenvalue weighted by Gasteiger charge is 2.34. The van der Waals surface area contributed by atoms with E-state index in [1.807, 2.05) is 51.1 Å². The number of hydrogen-bond acceptors (Lipinski definition) is 5. The number of rotatable bonds is 7. The van der Waals surface area contributed by atoms with Crippen LogP contribution >= 0.6 is 0 Å².